The maximum Gasteiger partial charge on any atom is 0.123 e. The second kappa shape index (κ2) is 5.83. The molecule has 0 saturated carbocycles. The number of nitrogens with zero attached hydrogens (tertiary/aromatic N) is 1. The van der Waals surface area contributed by atoms with E-state index in [4.69, 9.17) is 0 Å². The lowest BCUT2D eigenvalue weighted by Gasteiger charge is -2.09. The summed E-state index contributed by atoms with van der Waals surface area (Å²) in [4.78, 5) is 0. The molecule has 2 aromatic rings. The Morgan fingerprint density at radius 1 is 1.05 bits per heavy atom. The highest BCUT2D eigenvalue weighted by atomic mass is 19.1. The Kier molecular flexibility index (Phi) is 3.94. The predicted octanol–water partition coefficient (Wildman–Crippen LogP) is 4.19. The lowest BCUT2D eigenvalue weighted by atomic mass is 10.1. The van der Waals surface area contributed by atoms with Crippen LogP contribution in [0.25, 0.3) is 5.57 Å². The van der Waals surface area contributed by atoms with Crippen LogP contribution in [0.3, 0.4) is 0 Å². The molecule has 0 aliphatic rings. The van der Waals surface area contributed by atoms with Crippen molar-refractivity contribution in [3.05, 3.63) is 71.7 Å². The lowest BCUT2D eigenvalue weighted by Crippen LogP contribution is -1.99. The van der Waals surface area contributed by atoms with Gasteiger partial charge in [0.15, 0.2) is 0 Å². The summed E-state index contributed by atoms with van der Waals surface area (Å²) in [7, 11) is 0. The Hall–Kier alpha value is -2.60. The molecule has 0 saturated heterocycles. The van der Waals surface area contributed by atoms with Gasteiger partial charge in [0.2, 0.25) is 0 Å². The molecule has 3 heteroatoms. The lowest BCUT2D eigenvalue weighted by molar-refractivity contribution is 0.628. The van der Waals surface area contributed by atoms with E-state index in [1.807, 2.05) is 37.3 Å². The van der Waals surface area contributed by atoms with E-state index in [2.05, 4.69) is 11.4 Å². The largest absolute Gasteiger partial charge is 0.358 e. The van der Waals surface area contributed by atoms with Gasteiger partial charge in [0, 0.05) is 11.4 Å². The van der Waals surface area contributed by atoms with E-state index < -0.39 is 0 Å². The Labute approximate surface area is 111 Å². The maximum absolute atomic E-state index is 12.8. The number of nitriles is 1. The molecule has 0 aliphatic heterocycles. The quantitative estimate of drug-likeness (QED) is 0.831. The third-order valence-corrected chi connectivity index (χ3v) is 2.73. The molecule has 2 aromatic carbocycles. The van der Waals surface area contributed by atoms with Crippen LogP contribution in [0.15, 0.2) is 60.3 Å². The van der Waals surface area contributed by atoms with Gasteiger partial charge >= 0.3 is 0 Å². The smallest absolute Gasteiger partial charge is 0.123 e. The van der Waals surface area contributed by atoms with Crippen LogP contribution in [-0.4, -0.2) is 0 Å². The summed E-state index contributed by atoms with van der Waals surface area (Å²) >= 11 is 0. The molecular formula is C16H13FN2. The fourth-order valence-corrected chi connectivity index (χ4v) is 1.78. The molecule has 0 aromatic heterocycles. The summed E-state index contributed by atoms with van der Waals surface area (Å²) in [6.45, 7) is 1.83. The van der Waals surface area contributed by atoms with E-state index in [1.165, 1.54) is 12.1 Å². The number of halogens is 1. The van der Waals surface area contributed by atoms with Crippen LogP contribution in [0.1, 0.15) is 12.5 Å². The average molecular weight is 252 g/mol. The average Bonchev–Trinajstić information content (AvgIpc) is 2.43. The van der Waals surface area contributed by atoms with Gasteiger partial charge in [0.1, 0.15) is 11.9 Å². The first-order valence-electron chi connectivity index (χ1n) is 5.89. The van der Waals surface area contributed by atoms with Gasteiger partial charge in [-0.25, -0.2) is 4.39 Å². The zero-order valence-electron chi connectivity index (χ0n) is 10.5. The van der Waals surface area contributed by atoms with Crippen LogP contribution in [0, 0.1) is 17.1 Å². The Bertz CT molecular complexity index is 622. The maximum atomic E-state index is 12.8. The van der Waals surface area contributed by atoms with Gasteiger partial charge in [0.05, 0.1) is 5.57 Å². The van der Waals surface area contributed by atoms with E-state index in [1.54, 1.807) is 12.1 Å². The molecule has 19 heavy (non-hydrogen) atoms. The van der Waals surface area contributed by atoms with Crippen LogP contribution in [0.5, 0.6) is 0 Å². The van der Waals surface area contributed by atoms with Crippen LogP contribution in [-0.2, 0) is 0 Å². The zero-order valence-corrected chi connectivity index (χ0v) is 10.5. The first-order valence-corrected chi connectivity index (χ1v) is 5.89. The van der Waals surface area contributed by atoms with Crippen molar-refractivity contribution in [2.45, 2.75) is 6.92 Å². The first kappa shape index (κ1) is 12.8. The van der Waals surface area contributed by atoms with Gasteiger partial charge < -0.3 is 5.32 Å². The second-order valence-electron chi connectivity index (χ2n) is 4.11. The topological polar surface area (TPSA) is 35.8 Å². The van der Waals surface area contributed by atoms with Crippen molar-refractivity contribution in [3.8, 4) is 6.07 Å². The van der Waals surface area contributed by atoms with E-state index in [0.29, 0.717) is 5.57 Å². The normalized spacial score (nSPS) is 11.4. The van der Waals surface area contributed by atoms with Crippen molar-refractivity contribution in [1.82, 2.24) is 0 Å². The summed E-state index contributed by atoms with van der Waals surface area (Å²) in [6.07, 6.45) is 0. The van der Waals surface area contributed by atoms with Gasteiger partial charge in [-0.05, 0) is 36.8 Å². The fraction of sp³-hybridized carbons (Fsp3) is 0.0625. The third-order valence-electron chi connectivity index (χ3n) is 2.73. The van der Waals surface area contributed by atoms with E-state index in [-0.39, 0.29) is 5.82 Å². The molecule has 0 radical (unpaired) electrons. The molecule has 2 rings (SSSR count). The van der Waals surface area contributed by atoms with Crippen molar-refractivity contribution in [3.63, 3.8) is 0 Å². The highest BCUT2D eigenvalue weighted by Crippen LogP contribution is 2.20. The number of hydrogen-bond acceptors (Lipinski definition) is 2. The number of hydrogen-bond donors (Lipinski definition) is 1. The molecule has 0 atom stereocenters. The molecule has 0 bridgehead atoms. The molecule has 2 nitrogen and oxygen atoms in total. The van der Waals surface area contributed by atoms with Gasteiger partial charge in [-0.2, -0.15) is 5.26 Å². The van der Waals surface area contributed by atoms with E-state index in [0.717, 1.165) is 16.9 Å². The summed E-state index contributed by atoms with van der Waals surface area (Å²) in [5.41, 5.74) is 2.92. The number of nitrogens with one attached hydrogen (secondary N) is 1. The SMILES string of the molecule is C/C(Nc1ccc(F)cc1)=C(\C#N)c1ccccc1. The van der Waals surface area contributed by atoms with Crippen molar-refractivity contribution < 1.29 is 4.39 Å². The molecule has 0 aliphatic carbocycles. The molecule has 0 unspecified atom stereocenters. The van der Waals surface area contributed by atoms with E-state index >= 15 is 0 Å². The summed E-state index contributed by atoms with van der Waals surface area (Å²) in [5.74, 6) is -0.282. The van der Waals surface area contributed by atoms with E-state index in [9.17, 15) is 9.65 Å². The molecule has 94 valence electrons. The Morgan fingerprint density at radius 3 is 2.26 bits per heavy atom. The zero-order chi connectivity index (χ0) is 13.7. The minimum absolute atomic E-state index is 0.282. The van der Waals surface area contributed by atoms with Crippen LogP contribution in [0.2, 0.25) is 0 Å². The number of anilines is 1. The molecule has 0 amide bonds. The van der Waals surface area contributed by atoms with Crippen molar-refractivity contribution in [2.75, 3.05) is 5.32 Å². The third kappa shape index (κ3) is 3.20. The van der Waals surface area contributed by atoms with Crippen molar-refractivity contribution in [2.24, 2.45) is 0 Å². The summed E-state index contributed by atoms with van der Waals surface area (Å²) in [6, 6.07) is 17.7. The predicted molar refractivity (Wildman–Crippen MR) is 74.7 cm³/mol. The highest BCUT2D eigenvalue weighted by Gasteiger charge is 2.05. The number of allylic oxidation sites excluding steroid dienone is 2. The van der Waals surface area contributed by atoms with Crippen molar-refractivity contribution in [1.29, 1.82) is 5.26 Å². The summed E-state index contributed by atoms with van der Waals surface area (Å²) in [5, 5.41) is 12.4. The molecule has 1 N–H and O–H groups in total. The molecule has 0 heterocycles. The Morgan fingerprint density at radius 2 is 1.68 bits per heavy atom. The second-order valence-corrected chi connectivity index (χ2v) is 4.11. The standard InChI is InChI=1S/C16H13FN2/c1-12(19-15-9-7-14(17)8-10-15)16(11-18)13-5-3-2-4-6-13/h2-10,19H,1H3/b16-12-. The number of benzene rings is 2. The highest BCUT2D eigenvalue weighted by molar-refractivity contribution is 5.81. The molecular weight excluding hydrogens is 239 g/mol. The fourth-order valence-electron chi connectivity index (χ4n) is 1.78. The minimum Gasteiger partial charge on any atom is -0.358 e. The monoisotopic (exact) mass is 252 g/mol. The molecule has 0 spiro atoms. The van der Waals surface area contributed by atoms with Gasteiger partial charge in [-0.1, -0.05) is 30.3 Å². The Balaban J connectivity index is 2.30. The number of rotatable bonds is 3. The van der Waals surface area contributed by atoms with Crippen LogP contribution >= 0.6 is 0 Å². The van der Waals surface area contributed by atoms with Crippen LogP contribution < -0.4 is 5.32 Å². The minimum atomic E-state index is -0.282. The van der Waals surface area contributed by atoms with Crippen LogP contribution in [0.4, 0.5) is 10.1 Å². The molecule has 0 fully saturated rings. The van der Waals surface area contributed by atoms with Crippen molar-refractivity contribution >= 4 is 11.3 Å². The van der Waals surface area contributed by atoms with Gasteiger partial charge in [-0.3, -0.25) is 0 Å². The van der Waals surface area contributed by atoms with Gasteiger partial charge in [0.25, 0.3) is 0 Å². The van der Waals surface area contributed by atoms with Gasteiger partial charge in [-0.15, -0.1) is 0 Å². The first-order chi connectivity index (χ1) is 9.20. The summed E-state index contributed by atoms with van der Waals surface area (Å²) < 4.78 is 12.8.